The van der Waals surface area contributed by atoms with Gasteiger partial charge in [-0.05, 0) is 51.0 Å². The summed E-state index contributed by atoms with van der Waals surface area (Å²) in [6.07, 6.45) is 13.0. The van der Waals surface area contributed by atoms with E-state index >= 15 is 0 Å². The van der Waals surface area contributed by atoms with E-state index in [9.17, 15) is 5.11 Å². The van der Waals surface area contributed by atoms with Crippen LogP contribution in [0.4, 0.5) is 0 Å². The third-order valence-electron chi connectivity index (χ3n) is 5.86. The van der Waals surface area contributed by atoms with Gasteiger partial charge < -0.3 is 10.4 Å². The second-order valence-corrected chi connectivity index (χ2v) is 7.29. The van der Waals surface area contributed by atoms with E-state index in [1.165, 1.54) is 77.4 Å². The van der Waals surface area contributed by atoms with Crippen molar-refractivity contribution in [1.82, 2.24) is 10.2 Å². The molecule has 1 saturated heterocycles. The third-order valence-corrected chi connectivity index (χ3v) is 5.86. The van der Waals surface area contributed by atoms with Crippen molar-refractivity contribution in [3.63, 3.8) is 0 Å². The lowest BCUT2D eigenvalue weighted by Gasteiger charge is -2.41. The Bertz CT molecular complexity index is 283. The molecular weight excluding hydrogens is 248 g/mol. The Kier molecular flexibility index (Phi) is 5.36. The largest absolute Gasteiger partial charge is 0.391 e. The summed E-state index contributed by atoms with van der Waals surface area (Å²) in [5, 5.41) is 14.0. The Hall–Kier alpha value is -0.120. The number of aliphatic hydroxyl groups excluding tert-OH is 1. The molecule has 0 spiro atoms. The first-order valence-corrected chi connectivity index (χ1v) is 8.98. The van der Waals surface area contributed by atoms with Gasteiger partial charge in [0.2, 0.25) is 0 Å². The van der Waals surface area contributed by atoms with Gasteiger partial charge in [-0.2, -0.15) is 0 Å². The zero-order valence-corrected chi connectivity index (χ0v) is 12.9. The highest BCUT2D eigenvalue weighted by Gasteiger charge is 2.31. The molecule has 2 saturated carbocycles. The number of piperidine rings is 1. The maximum atomic E-state index is 10.2. The summed E-state index contributed by atoms with van der Waals surface area (Å²) in [5.41, 5.74) is 0. The number of nitrogens with one attached hydrogen (secondary N) is 1. The summed E-state index contributed by atoms with van der Waals surface area (Å²) in [7, 11) is 0. The van der Waals surface area contributed by atoms with E-state index in [4.69, 9.17) is 0 Å². The third kappa shape index (κ3) is 3.75. The second-order valence-electron chi connectivity index (χ2n) is 7.29. The molecule has 20 heavy (non-hydrogen) atoms. The van der Waals surface area contributed by atoms with Crippen LogP contribution in [-0.4, -0.2) is 47.8 Å². The normalized spacial score (nSPS) is 34.6. The predicted molar refractivity (Wildman–Crippen MR) is 82.8 cm³/mol. The van der Waals surface area contributed by atoms with Crippen LogP contribution in [0, 0.1) is 5.92 Å². The minimum atomic E-state index is -0.0632. The van der Waals surface area contributed by atoms with Crippen LogP contribution in [0.2, 0.25) is 0 Å². The van der Waals surface area contributed by atoms with Crippen LogP contribution in [0.5, 0.6) is 0 Å². The second kappa shape index (κ2) is 7.24. The summed E-state index contributed by atoms with van der Waals surface area (Å²) in [5.74, 6) is 0.952. The van der Waals surface area contributed by atoms with Gasteiger partial charge >= 0.3 is 0 Å². The molecule has 1 aliphatic heterocycles. The van der Waals surface area contributed by atoms with Gasteiger partial charge in [0.15, 0.2) is 0 Å². The summed E-state index contributed by atoms with van der Waals surface area (Å²) in [4.78, 5) is 2.57. The van der Waals surface area contributed by atoms with Crippen molar-refractivity contribution in [3.05, 3.63) is 0 Å². The number of aliphatic hydroxyl groups is 1. The van der Waals surface area contributed by atoms with Crippen LogP contribution in [0.25, 0.3) is 0 Å². The fourth-order valence-corrected chi connectivity index (χ4v) is 4.50. The van der Waals surface area contributed by atoms with Gasteiger partial charge in [-0.25, -0.2) is 0 Å². The number of hydrogen-bond donors (Lipinski definition) is 2. The highest BCUT2D eigenvalue weighted by atomic mass is 16.3. The fraction of sp³-hybridized carbons (Fsp3) is 1.00. The maximum absolute atomic E-state index is 10.2. The minimum absolute atomic E-state index is 0.0632. The first-order chi connectivity index (χ1) is 9.83. The summed E-state index contributed by atoms with van der Waals surface area (Å²) < 4.78 is 0. The first kappa shape index (κ1) is 14.8. The monoisotopic (exact) mass is 280 g/mol. The van der Waals surface area contributed by atoms with Gasteiger partial charge in [-0.1, -0.05) is 25.7 Å². The summed E-state index contributed by atoms with van der Waals surface area (Å²) >= 11 is 0. The van der Waals surface area contributed by atoms with Crippen LogP contribution in [0.15, 0.2) is 0 Å². The molecule has 2 aliphatic carbocycles. The van der Waals surface area contributed by atoms with E-state index in [2.05, 4.69) is 10.2 Å². The Balaban J connectivity index is 1.37. The van der Waals surface area contributed by atoms with Crippen LogP contribution in [0.3, 0.4) is 0 Å². The van der Waals surface area contributed by atoms with Crippen molar-refractivity contribution in [1.29, 1.82) is 0 Å². The average molecular weight is 280 g/mol. The highest BCUT2D eigenvalue weighted by Crippen LogP contribution is 2.27. The van der Waals surface area contributed by atoms with Gasteiger partial charge in [0, 0.05) is 25.2 Å². The molecule has 0 aromatic rings. The van der Waals surface area contributed by atoms with E-state index in [1.807, 2.05) is 0 Å². The predicted octanol–water partition coefficient (Wildman–Crippen LogP) is 2.53. The van der Waals surface area contributed by atoms with Gasteiger partial charge in [-0.15, -0.1) is 0 Å². The quantitative estimate of drug-likeness (QED) is 0.831. The molecule has 1 heterocycles. The van der Waals surface area contributed by atoms with Crippen LogP contribution in [0.1, 0.15) is 64.2 Å². The van der Waals surface area contributed by atoms with Gasteiger partial charge in [0.25, 0.3) is 0 Å². The molecule has 3 nitrogen and oxygen atoms in total. The molecule has 3 fully saturated rings. The van der Waals surface area contributed by atoms with Gasteiger partial charge in [-0.3, -0.25) is 4.90 Å². The molecule has 2 N–H and O–H groups in total. The van der Waals surface area contributed by atoms with E-state index in [1.54, 1.807) is 0 Å². The number of rotatable bonds is 4. The Morgan fingerprint density at radius 3 is 2.20 bits per heavy atom. The molecule has 0 bridgehead atoms. The smallest absolute Gasteiger partial charge is 0.0695 e. The maximum Gasteiger partial charge on any atom is 0.0695 e. The fourth-order valence-electron chi connectivity index (χ4n) is 4.50. The zero-order valence-electron chi connectivity index (χ0n) is 12.9. The molecule has 0 radical (unpaired) electrons. The molecule has 0 amide bonds. The van der Waals surface area contributed by atoms with E-state index < -0.39 is 0 Å². The minimum Gasteiger partial charge on any atom is -0.391 e. The van der Waals surface area contributed by atoms with Crippen LogP contribution < -0.4 is 5.32 Å². The Morgan fingerprint density at radius 1 is 0.850 bits per heavy atom. The molecule has 3 rings (SSSR count). The standard InChI is InChI=1S/C17H32N2O/c20-17-8-4-3-7-16(17)19-11-9-15(10-12-19)18-13-14-5-1-2-6-14/h14-18,20H,1-13H2. The molecule has 116 valence electrons. The van der Waals surface area contributed by atoms with Crippen molar-refractivity contribution in [3.8, 4) is 0 Å². The molecule has 3 aliphatic rings. The Labute approximate surface area is 124 Å². The van der Waals surface area contributed by atoms with Crippen molar-refractivity contribution in [2.45, 2.75) is 82.4 Å². The van der Waals surface area contributed by atoms with E-state index in [0.717, 1.165) is 18.4 Å². The van der Waals surface area contributed by atoms with Crippen molar-refractivity contribution < 1.29 is 5.11 Å². The topological polar surface area (TPSA) is 35.5 Å². The van der Waals surface area contributed by atoms with Gasteiger partial charge in [0.1, 0.15) is 0 Å². The zero-order chi connectivity index (χ0) is 13.8. The van der Waals surface area contributed by atoms with Crippen molar-refractivity contribution >= 4 is 0 Å². The highest BCUT2D eigenvalue weighted by molar-refractivity contribution is 4.87. The van der Waals surface area contributed by atoms with Crippen molar-refractivity contribution in [2.75, 3.05) is 19.6 Å². The number of nitrogens with zero attached hydrogens (tertiary/aromatic N) is 1. The lowest BCUT2D eigenvalue weighted by Crippen LogP contribution is -2.51. The molecule has 2 unspecified atom stereocenters. The van der Waals surface area contributed by atoms with Crippen molar-refractivity contribution in [2.24, 2.45) is 5.92 Å². The van der Waals surface area contributed by atoms with E-state index in [-0.39, 0.29) is 6.10 Å². The summed E-state index contributed by atoms with van der Waals surface area (Å²) in [6, 6.07) is 1.19. The molecule has 2 atom stereocenters. The lowest BCUT2D eigenvalue weighted by atomic mass is 9.89. The SMILES string of the molecule is OC1CCCCC1N1CCC(NCC2CCCC2)CC1. The lowest BCUT2D eigenvalue weighted by molar-refractivity contribution is 0.00706. The molecule has 3 heteroatoms. The number of likely N-dealkylation sites (tertiary alicyclic amines) is 1. The van der Waals surface area contributed by atoms with Gasteiger partial charge in [0.05, 0.1) is 6.10 Å². The first-order valence-electron chi connectivity index (χ1n) is 8.98. The average Bonchev–Trinajstić information content (AvgIpc) is 3.00. The molecule has 0 aromatic carbocycles. The molecular formula is C17H32N2O. The summed E-state index contributed by atoms with van der Waals surface area (Å²) in [6.45, 7) is 3.62. The van der Waals surface area contributed by atoms with Crippen LogP contribution in [-0.2, 0) is 0 Å². The Morgan fingerprint density at radius 2 is 1.50 bits per heavy atom. The van der Waals surface area contributed by atoms with Crippen LogP contribution >= 0.6 is 0 Å². The van der Waals surface area contributed by atoms with E-state index in [0.29, 0.717) is 6.04 Å². The molecule has 0 aromatic heterocycles. The number of hydrogen-bond acceptors (Lipinski definition) is 3.